The van der Waals surface area contributed by atoms with E-state index in [4.69, 9.17) is 9.47 Å². The van der Waals surface area contributed by atoms with Gasteiger partial charge in [-0.15, -0.1) is 0 Å². The molecule has 0 radical (unpaired) electrons. The zero-order chi connectivity index (χ0) is 26.5. The fraction of sp³-hybridized carbons (Fsp3) is 0.538. The van der Waals surface area contributed by atoms with E-state index in [9.17, 15) is 0 Å². The number of unbranched alkanes of at least 4 members (excludes halogenated alkanes) is 6. The van der Waals surface area contributed by atoms with Gasteiger partial charge in [0, 0.05) is 45.3 Å². The first kappa shape index (κ1) is 30.0. The molecule has 5 rings (SSSR count). The Labute approximate surface area is 265 Å². The van der Waals surface area contributed by atoms with Gasteiger partial charge in [-0.05, 0) is 25.4 Å². The van der Waals surface area contributed by atoms with Crippen molar-refractivity contribution in [3.8, 4) is 11.5 Å². The normalized spacial score (nSPS) is 11.9. The topological polar surface area (TPSA) is 18.5 Å². The zero-order valence-electron chi connectivity index (χ0n) is 22.0. The van der Waals surface area contributed by atoms with Crippen LogP contribution in [0.2, 0.25) is 0 Å². The van der Waals surface area contributed by atoms with Crippen LogP contribution in [0.25, 0.3) is 34.9 Å². The maximum Gasteiger partial charge on any atom is 0.257 e. The molecule has 38 heavy (non-hydrogen) atoms. The lowest BCUT2D eigenvalue weighted by molar-refractivity contribution is 0.308. The Balaban J connectivity index is 1.71. The summed E-state index contributed by atoms with van der Waals surface area (Å²) in [5.41, 5.74) is 0. The Hall–Kier alpha value is 0.500. The maximum absolute atomic E-state index is 6.74. The SMILES string of the molecule is CCCCCCOc1c2sc3sc(SC)[s+]c3sc2c(OCCCCCC)c2sc3[s+]c(SC)sc3sc12. The lowest BCUT2D eigenvalue weighted by atomic mass is 10.2. The molecule has 206 valence electrons. The number of hydrogen-bond acceptors (Lipinski definition) is 10. The lowest BCUT2D eigenvalue weighted by Crippen LogP contribution is -2.01. The molecule has 1 aromatic carbocycles. The molecule has 0 atom stereocenters. The van der Waals surface area contributed by atoms with Crippen LogP contribution in [0.4, 0.5) is 0 Å². The summed E-state index contributed by atoms with van der Waals surface area (Å²) < 4.78 is 27.0. The first-order valence-electron chi connectivity index (χ1n) is 12.9. The van der Waals surface area contributed by atoms with Crippen LogP contribution >= 0.6 is 114 Å². The number of hydrogen-bond donors (Lipinski definition) is 0. The van der Waals surface area contributed by atoms with E-state index < -0.39 is 0 Å². The van der Waals surface area contributed by atoms with Gasteiger partial charge in [-0.3, -0.25) is 0 Å². The Bertz CT molecular complexity index is 1340. The minimum absolute atomic E-state index is 0.776. The standard InChI is InChI=1S/C26H32O2S10/c1-5-7-9-11-13-27-15-17-19(33-23-21(31-17)35-25(29-3)37-23)16(28-14-12-10-8-6-2)20-18(15)32-22-24(34-20)38-26(30-4)36-22/h5-14H2,1-4H3/q+2. The van der Waals surface area contributed by atoms with Crippen molar-refractivity contribution in [1.29, 1.82) is 0 Å². The molecule has 0 unspecified atom stereocenters. The molecule has 0 saturated heterocycles. The van der Waals surface area contributed by atoms with Gasteiger partial charge in [-0.2, -0.15) is 0 Å². The van der Waals surface area contributed by atoms with E-state index in [0.29, 0.717) is 0 Å². The predicted octanol–water partition coefficient (Wildman–Crippen LogP) is 13.8. The molecule has 4 heterocycles. The molecule has 0 fully saturated rings. The second-order valence-electron chi connectivity index (χ2n) is 8.67. The van der Waals surface area contributed by atoms with Gasteiger partial charge in [-0.25, -0.2) is 0 Å². The highest BCUT2D eigenvalue weighted by atomic mass is 32.2. The quantitative estimate of drug-likeness (QED) is 0.0498. The van der Waals surface area contributed by atoms with Crippen molar-refractivity contribution < 1.29 is 9.47 Å². The van der Waals surface area contributed by atoms with Gasteiger partial charge in [0.25, 0.3) is 8.03 Å². The van der Waals surface area contributed by atoms with Crippen LogP contribution in [0.1, 0.15) is 65.2 Å². The van der Waals surface area contributed by atoms with Gasteiger partial charge < -0.3 is 9.47 Å². The van der Waals surface area contributed by atoms with Crippen LogP contribution in [-0.4, -0.2) is 25.7 Å². The molecule has 0 aliphatic rings. The van der Waals surface area contributed by atoms with Crippen LogP contribution in [0.5, 0.6) is 11.5 Å². The van der Waals surface area contributed by atoms with E-state index in [1.807, 2.05) is 114 Å². The third kappa shape index (κ3) is 6.76. The molecule has 0 amide bonds. The second kappa shape index (κ2) is 14.6. The molecule has 0 N–H and O–H groups in total. The first-order valence-corrected chi connectivity index (χ1v) is 21.9. The van der Waals surface area contributed by atoms with Crippen molar-refractivity contribution in [2.45, 2.75) is 72.3 Å². The largest absolute Gasteiger partial charge is 0.490 e. The minimum Gasteiger partial charge on any atom is -0.490 e. The molecule has 0 bridgehead atoms. The van der Waals surface area contributed by atoms with Crippen LogP contribution < -0.4 is 9.47 Å². The summed E-state index contributed by atoms with van der Waals surface area (Å²) in [6, 6.07) is 0. The summed E-state index contributed by atoms with van der Waals surface area (Å²) >= 11 is 19.0. The van der Waals surface area contributed by atoms with Crippen LogP contribution in [0, 0.1) is 0 Å². The van der Waals surface area contributed by atoms with E-state index in [1.165, 1.54) is 80.4 Å². The van der Waals surface area contributed by atoms with E-state index in [-0.39, 0.29) is 0 Å². The molecule has 4 aromatic heterocycles. The Morgan fingerprint density at radius 1 is 0.553 bits per heavy atom. The Kier molecular flexibility index (Phi) is 11.5. The molecule has 12 heteroatoms. The highest BCUT2D eigenvalue weighted by molar-refractivity contribution is 8.03. The van der Waals surface area contributed by atoms with Gasteiger partial charge in [-0.1, -0.05) is 98.6 Å². The zero-order valence-corrected chi connectivity index (χ0v) is 30.1. The van der Waals surface area contributed by atoms with Crippen LogP contribution in [0.3, 0.4) is 0 Å². The van der Waals surface area contributed by atoms with Gasteiger partial charge in [0.15, 0.2) is 20.9 Å². The second-order valence-corrected chi connectivity index (χ2v) is 21.0. The van der Waals surface area contributed by atoms with Crippen LogP contribution in [0.15, 0.2) is 7.05 Å². The molecule has 0 aliphatic heterocycles. The fourth-order valence-corrected chi connectivity index (χ4v) is 18.0. The van der Waals surface area contributed by atoms with Gasteiger partial charge in [0.2, 0.25) is 15.1 Å². The van der Waals surface area contributed by atoms with Crippen molar-refractivity contribution in [2.24, 2.45) is 0 Å². The number of benzene rings is 1. The van der Waals surface area contributed by atoms with E-state index in [1.54, 1.807) is 0 Å². The van der Waals surface area contributed by atoms with Crippen molar-refractivity contribution in [2.75, 3.05) is 25.7 Å². The first-order chi connectivity index (χ1) is 18.7. The minimum atomic E-state index is 0.776. The van der Waals surface area contributed by atoms with Gasteiger partial charge in [0.1, 0.15) is 9.40 Å². The highest BCUT2D eigenvalue weighted by Gasteiger charge is 2.29. The number of ether oxygens (including phenoxy) is 2. The van der Waals surface area contributed by atoms with Crippen molar-refractivity contribution in [3.63, 3.8) is 0 Å². The monoisotopic (exact) mass is 696 g/mol. The molecule has 2 nitrogen and oxygen atoms in total. The average molecular weight is 697 g/mol. The summed E-state index contributed by atoms with van der Waals surface area (Å²) in [4.78, 5) is 0. The summed E-state index contributed by atoms with van der Waals surface area (Å²) in [5, 5.41) is 0. The van der Waals surface area contributed by atoms with Crippen molar-refractivity contribution in [3.05, 3.63) is 0 Å². The fourth-order valence-electron chi connectivity index (χ4n) is 3.96. The third-order valence-corrected chi connectivity index (χ3v) is 20.0. The predicted molar refractivity (Wildman–Crippen MR) is 189 cm³/mol. The summed E-state index contributed by atoms with van der Waals surface area (Å²) in [6.07, 6.45) is 14.1. The Morgan fingerprint density at radius 2 is 0.974 bits per heavy atom. The molecule has 5 aromatic rings. The lowest BCUT2D eigenvalue weighted by Gasteiger charge is -2.14. The molecular weight excluding hydrogens is 665 g/mol. The molecular formula is C26H32O2S10+2. The summed E-state index contributed by atoms with van der Waals surface area (Å²) in [6.45, 7) is 6.08. The van der Waals surface area contributed by atoms with Crippen LogP contribution in [-0.2, 0) is 0 Å². The smallest absolute Gasteiger partial charge is 0.257 e. The summed E-state index contributed by atoms with van der Waals surface area (Å²) in [7, 11) is 0. The van der Waals surface area contributed by atoms with Gasteiger partial charge >= 0.3 is 0 Å². The summed E-state index contributed by atoms with van der Waals surface area (Å²) in [5.74, 6) is 2.17. The average Bonchev–Trinajstić information content (AvgIpc) is 3.54. The number of rotatable bonds is 14. The van der Waals surface area contributed by atoms with Gasteiger partial charge in [0.05, 0.1) is 35.9 Å². The van der Waals surface area contributed by atoms with Crippen molar-refractivity contribution >= 4 is 149 Å². The number of thioether (sulfide) groups is 2. The van der Waals surface area contributed by atoms with E-state index in [2.05, 4.69) is 26.4 Å². The highest BCUT2D eigenvalue weighted by Crippen LogP contribution is 2.56. The van der Waals surface area contributed by atoms with Crippen molar-refractivity contribution in [1.82, 2.24) is 0 Å². The third-order valence-electron chi connectivity index (χ3n) is 5.88. The molecule has 0 aliphatic carbocycles. The number of fused-ring (bicyclic) bond motifs is 4. The molecule has 0 spiro atoms. The molecule has 0 saturated carbocycles. The maximum atomic E-state index is 6.74. The van der Waals surface area contributed by atoms with E-state index in [0.717, 1.165) is 37.6 Å². The van der Waals surface area contributed by atoms with E-state index >= 15 is 0 Å². The Morgan fingerprint density at radius 3 is 1.37 bits per heavy atom.